The number of anilines is 1. The first kappa shape index (κ1) is 18.3. The minimum absolute atomic E-state index is 0.0406. The van der Waals surface area contributed by atoms with Gasteiger partial charge in [-0.25, -0.2) is 4.79 Å². The van der Waals surface area contributed by atoms with E-state index in [-0.39, 0.29) is 17.9 Å². The van der Waals surface area contributed by atoms with E-state index in [0.29, 0.717) is 36.7 Å². The largest absolute Gasteiger partial charge is 0.491 e. The second-order valence-corrected chi connectivity index (χ2v) is 7.60. The van der Waals surface area contributed by atoms with Crippen molar-refractivity contribution in [1.82, 2.24) is 10.2 Å². The summed E-state index contributed by atoms with van der Waals surface area (Å²) in [6, 6.07) is 4.86. The summed E-state index contributed by atoms with van der Waals surface area (Å²) >= 11 is 0. The van der Waals surface area contributed by atoms with E-state index in [2.05, 4.69) is 14.4 Å². The molecule has 0 unspecified atom stereocenters. The predicted molar refractivity (Wildman–Crippen MR) is 98.6 cm³/mol. The van der Waals surface area contributed by atoms with E-state index in [4.69, 9.17) is 10.5 Å². The highest BCUT2D eigenvalue weighted by molar-refractivity contribution is 7.91. The number of hydrogen-bond donors (Lipinski definition) is 3. The van der Waals surface area contributed by atoms with Gasteiger partial charge in [0.2, 0.25) is 0 Å². The highest BCUT2D eigenvalue weighted by Crippen LogP contribution is 2.31. The molecular formula is C16H23N5O4S. The van der Waals surface area contributed by atoms with Crippen LogP contribution >= 0.6 is 0 Å². The molecule has 4 N–H and O–H groups in total. The molecule has 0 saturated carbocycles. The first-order valence-corrected chi connectivity index (χ1v) is 10.0. The van der Waals surface area contributed by atoms with E-state index < -0.39 is 10.2 Å². The van der Waals surface area contributed by atoms with Gasteiger partial charge in [-0.15, -0.1) is 4.40 Å². The molecule has 2 aliphatic rings. The Bertz CT molecular complexity index is 824. The van der Waals surface area contributed by atoms with Crippen LogP contribution in [-0.4, -0.2) is 50.9 Å². The van der Waals surface area contributed by atoms with Crippen LogP contribution in [0.1, 0.15) is 31.7 Å². The van der Waals surface area contributed by atoms with Crippen LogP contribution in [0.15, 0.2) is 22.6 Å². The molecule has 1 aromatic carbocycles. The molecular weight excluding hydrogens is 358 g/mol. The number of likely N-dealkylation sites (tertiary alicyclic amines) is 1. The summed E-state index contributed by atoms with van der Waals surface area (Å²) in [5.41, 5.74) is 6.56. The van der Waals surface area contributed by atoms with Crippen LogP contribution in [0, 0.1) is 0 Å². The second kappa shape index (κ2) is 7.40. The molecule has 2 aliphatic heterocycles. The Balaban J connectivity index is 1.72. The lowest BCUT2D eigenvalue weighted by Crippen LogP contribution is -2.45. The van der Waals surface area contributed by atoms with Crippen LogP contribution in [0.3, 0.4) is 0 Å². The van der Waals surface area contributed by atoms with Gasteiger partial charge in [-0.2, -0.15) is 8.42 Å². The number of amidine groups is 1. The van der Waals surface area contributed by atoms with E-state index >= 15 is 0 Å². The van der Waals surface area contributed by atoms with Gasteiger partial charge >= 0.3 is 16.2 Å². The minimum atomic E-state index is -3.83. The van der Waals surface area contributed by atoms with Crippen molar-refractivity contribution in [3.8, 4) is 5.75 Å². The lowest BCUT2D eigenvalue weighted by molar-refractivity contribution is 0.165. The maximum Gasteiger partial charge on any atom is 0.344 e. The van der Waals surface area contributed by atoms with Gasteiger partial charge in [-0.1, -0.05) is 13.0 Å². The smallest absolute Gasteiger partial charge is 0.344 e. The van der Waals surface area contributed by atoms with Crippen LogP contribution < -0.4 is 20.5 Å². The molecule has 0 radical (unpaired) electrons. The summed E-state index contributed by atoms with van der Waals surface area (Å²) in [6.07, 6.45) is 2.65. The Morgan fingerprint density at radius 3 is 3.08 bits per heavy atom. The van der Waals surface area contributed by atoms with Crippen LogP contribution in [0.5, 0.6) is 5.75 Å². The number of rotatable bonds is 5. The van der Waals surface area contributed by atoms with Crippen LogP contribution in [0.2, 0.25) is 0 Å². The summed E-state index contributed by atoms with van der Waals surface area (Å²) in [4.78, 5) is 14.0. The summed E-state index contributed by atoms with van der Waals surface area (Å²) in [6.45, 7) is 3.64. The zero-order valence-electron chi connectivity index (χ0n) is 14.6. The van der Waals surface area contributed by atoms with Crippen molar-refractivity contribution >= 4 is 27.8 Å². The number of benzene rings is 1. The molecule has 3 rings (SSSR count). The Hall–Kier alpha value is -2.49. The standard InChI is InChI=1S/C16H23N5O4S/c1-2-8-18-16(22)21-9-4-5-11(21)10-25-13-7-3-6-12-14(13)15(17)20-26(23,24)19-12/h3,6-7,11,19H,2,4-5,8-10H2,1H3,(H2,17,20)(H,18,22)/t11-/m0/s1. The molecule has 26 heavy (non-hydrogen) atoms. The zero-order valence-corrected chi connectivity index (χ0v) is 15.4. The molecule has 1 fully saturated rings. The molecule has 0 bridgehead atoms. The van der Waals surface area contributed by atoms with Gasteiger partial charge in [0.15, 0.2) is 5.84 Å². The number of fused-ring (bicyclic) bond motifs is 1. The molecule has 2 heterocycles. The number of hydrogen-bond acceptors (Lipinski definition) is 5. The highest BCUT2D eigenvalue weighted by atomic mass is 32.2. The lowest BCUT2D eigenvalue weighted by Gasteiger charge is -2.26. The summed E-state index contributed by atoms with van der Waals surface area (Å²) in [5, 5.41) is 2.88. The SMILES string of the molecule is CCCNC(=O)N1CCC[C@H]1COc1cccc2c1C(N)=NS(=O)(=O)N2. The predicted octanol–water partition coefficient (Wildman–Crippen LogP) is 1.02. The zero-order chi connectivity index (χ0) is 18.7. The monoisotopic (exact) mass is 381 g/mol. The second-order valence-electron chi connectivity index (χ2n) is 6.26. The molecule has 0 aromatic heterocycles. The number of nitrogens with two attached hydrogens (primary N) is 1. The van der Waals surface area contributed by atoms with Crippen LogP contribution in [-0.2, 0) is 10.2 Å². The first-order chi connectivity index (χ1) is 12.4. The minimum Gasteiger partial charge on any atom is -0.491 e. The average molecular weight is 381 g/mol. The molecule has 1 atom stereocenters. The van der Waals surface area contributed by atoms with Crippen molar-refractivity contribution in [2.75, 3.05) is 24.4 Å². The van der Waals surface area contributed by atoms with Crippen molar-refractivity contribution in [2.45, 2.75) is 32.2 Å². The topological polar surface area (TPSA) is 126 Å². The van der Waals surface area contributed by atoms with Crippen molar-refractivity contribution in [3.05, 3.63) is 23.8 Å². The van der Waals surface area contributed by atoms with Crippen LogP contribution in [0.25, 0.3) is 0 Å². The van der Waals surface area contributed by atoms with Crippen molar-refractivity contribution in [3.63, 3.8) is 0 Å². The molecule has 9 nitrogen and oxygen atoms in total. The number of ether oxygens (including phenoxy) is 1. The molecule has 1 saturated heterocycles. The van der Waals surface area contributed by atoms with Gasteiger partial charge in [0, 0.05) is 13.1 Å². The average Bonchev–Trinajstić information content (AvgIpc) is 3.05. The fraction of sp³-hybridized carbons (Fsp3) is 0.500. The number of carbonyl (C=O) groups excluding carboxylic acids is 1. The quantitative estimate of drug-likeness (QED) is 0.702. The third kappa shape index (κ3) is 3.85. The van der Waals surface area contributed by atoms with Gasteiger partial charge < -0.3 is 20.7 Å². The number of nitrogens with zero attached hydrogens (tertiary/aromatic N) is 2. The summed E-state index contributed by atoms with van der Waals surface area (Å²) < 4.78 is 35.0. The molecule has 2 amide bonds. The van der Waals surface area contributed by atoms with Crippen molar-refractivity contribution in [2.24, 2.45) is 10.1 Å². The van der Waals surface area contributed by atoms with E-state index in [1.165, 1.54) is 0 Å². The maximum atomic E-state index is 12.2. The Labute approximate surface area is 152 Å². The lowest BCUT2D eigenvalue weighted by atomic mass is 10.1. The van der Waals surface area contributed by atoms with E-state index in [1.54, 1.807) is 23.1 Å². The summed E-state index contributed by atoms with van der Waals surface area (Å²) in [7, 11) is -3.83. The number of urea groups is 1. The maximum absolute atomic E-state index is 12.2. The fourth-order valence-corrected chi connectivity index (χ4v) is 3.98. The fourth-order valence-electron chi connectivity index (χ4n) is 3.13. The van der Waals surface area contributed by atoms with E-state index in [9.17, 15) is 13.2 Å². The van der Waals surface area contributed by atoms with E-state index in [1.807, 2.05) is 6.92 Å². The van der Waals surface area contributed by atoms with Crippen molar-refractivity contribution in [1.29, 1.82) is 0 Å². The van der Waals surface area contributed by atoms with Gasteiger partial charge in [0.05, 0.1) is 17.3 Å². The Morgan fingerprint density at radius 2 is 2.31 bits per heavy atom. The molecule has 0 aliphatic carbocycles. The van der Waals surface area contributed by atoms with Crippen molar-refractivity contribution < 1.29 is 17.9 Å². The highest BCUT2D eigenvalue weighted by Gasteiger charge is 2.30. The number of amides is 2. The molecule has 142 valence electrons. The number of carbonyl (C=O) groups is 1. The van der Waals surface area contributed by atoms with Gasteiger partial charge in [0.25, 0.3) is 0 Å². The molecule has 1 aromatic rings. The first-order valence-electron chi connectivity index (χ1n) is 8.60. The van der Waals surface area contributed by atoms with E-state index in [0.717, 1.165) is 19.3 Å². The Morgan fingerprint density at radius 1 is 1.50 bits per heavy atom. The summed E-state index contributed by atoms with van der Waals surface area (Å²) in [5.74, 6) is 0.324. The third-order valence-corrected chi connectivity index (χ3v) is 5.25. The molecule has 10 heteroatoms. The van der Waals surface area contributed by atoms with Gasteiger partial charge in [-0.3, -0.25) is 4.72 Å². The normalized spacial score (nSPS) is 20.7. The van der Waals surface area contributed by atoms with Gasteiger partial charge in [-0.05, 0) is 31.4 Å². The Kier molecular flexibility index (Phi) is 5.21. The molecule has 0 spiro atoms. The van der Waals surface area contributed by atoms with Crippen LogP contribution in [0.4, 0.5) is 10.5 Å². The third-order valence-electron chi connectivity index (χ3n) is 4.34. The van der Waals surface area contributed by atoms with Gasteiger partial charge in [0.1, 0.15) is 12.4 Å². The number of nitrogens with one attached hydrogen (secondary N) is 2.